The molecule has 84 heavy (non-hydrogen) atoms. The van der Waals surface area contributed by atoms with Gasteiger partial charge in [0, 0.05) is 6.42 Å². The molecular formula is C73H133NO10. The molecule has 0 spiro atoms. The van der Waals surface area contributed by atoms with E-state index in [0.717, 1.165) is 89.9 Å². The minimum Gasteiger partial charge on any atom is -0.454 e. The van der Waals surface area contributed by atoms with Crippen molar-refractivity contribution in [3.63, 3.8) is 0 Å². The lowest BCUT2D eigenvalue weighted by Crippen LogP contribution is -2.61. The molecule has 0 saturated carbocycles. The van der Waals surface area contributed by atoms with Gasteiger partial charge in [-0.25, -0.2) is 0 Å². The number of carbonyl (C=O) groups excluding carboxylic acids is 2. The summed E-state index contributed by atoms with van der Waals surface area (Å²) in [6.07, 6.45) is 66.9. The number of hydrogen-bond donors (Lipinski definition) is 6. The fourth-order valence-electron chi connectivity index (χ4n) is 11.0. The van der Waals surface area contributed by atoms with Crippen molar-refractivity contribution in [3.05, 3.63) is 60.8 Å². The van der Waals surface area contributed by atoms with E-state index in [4.69, 9.17) is 14.2 Å². The Bertz CT molecular complexity index is 1600. The van der Waals surface area contributed by atoms with Crippen molar-refractivity contribution in [2.24, 2.45) is 0 Å². The van der Waals surface area contributed by atoms with Crippen molar-refractivity contribution >= 4 is 11.9 Å². The van der Waals surface area contributed by atoms with Crippen LogP contribution in [0.4, 0.5) is 0 Å². The number of amides is 1. The van der Waals surface area contributed by atoms with Crippen molar-refractivity contribution in [3.8, 4) is 0 Å². The largest absolute Gasteiger partial charge is 0.454 e. The van der Waals surface area contributed by atoms with E-state index >= 15 is 0 Å². The number of hydrogen-bond acceptors (Lipinski definition) is 10. The maximum Gasteiger partial charge on any atom is 0.306 e. The maximum atomic E-state index is 13.5. The number of rotatable bonds is 61. The molecule has 11 nitrogen and oxygen atoms in total. The molecule has 8 atom stereocenters. The molecule has 6 N–H and O–H groups in total. The number of aliphatic hydroxyl groups is 5. The van der Waals surface area contributed by atoms with Crippen LogP contribution in [0, 0.1) is 0 Å². The highest BCUT2D eigenvalue weighted by Gasteiger charge is 2.47. The normalized spacial score (nSPS) is 18.8. The second-order valence-electron chi connectivity index (χ2n) is 24.6. The predicted molar refractivity (Wildman–Crippen MR) is 352 cm³/mol. The molecule has 8 unspecified atom stereocenters. The fourth-order valence-corrected chi connectivity index (χ4v) is 11.0. The van der Waals surface area contributed by atoms with Crippen molar-refractivity contribution in [1.29, 1.82) is 0 Å². The zero-order valence-corrected chi connectivity index (χ0v) is 54.5. The molecule has 1 amide bonds. The fraction of sp³-hybridized carbons (Fsp3) is 0.836. The Labute approximate surface area is 516 Å². The van der Waals surface area contributed by atoms with E-state index in [1.807, 2.05) is 6.08 Å². The third kappa shape index (κ3) is 47.4. The van der Waals surface area contributed by atoms with Gasteiger partial charge in [-0.15, -0.1) is 0 Å². The smallest absolute Gasteiger partial charge is 0.306 e. The molecule has 0 aromatic carbocycles. The molecule has 0 aromatic heterocycles. The van der Waals surface area contributed by atoms with Crippen LogP contribution < -0.4 is 5.32 Å². The Morgan fingerprint density at radius 2 is 0.821 bits per heavy atom. The number of unbranched alkanes of at least 4 members (excludes halogenated alkanes) is 39. The van der Waals surface area contributed by atoms with E-state index < -0.39 is 67.4 Å². The summed E-state index contributed by atoms with van der Waals surface area (Å²) in [5.74, 6) is -1.20. The van der Waals surface area contributed by atoms with Gasteiger partial charge in [0.15, 0.2) is 12.4 Å². The van der Waals surface area contributed by atoms with Crippen LogP contribution in [-0.4, -0.2) is 99.6 Å². The summed E-state index contributed by atoms with van der Waals surface area (Å²) in [5, 5.41) is 57.2. The molecule has 1 aliphatic heterocycles. The number of carbonyl (C=O) groups is 2. The molecule has 1 rings (SSSR count). The van der Waals surface area contributed by atoms with Gasteiger partial charge in [-0.1, -0.05) is 293 Å². The lowest BCUT2D eigenvalue weighted by Gasteiger charge is -2.41. The van der Waals surface area contributed by atoms with Gasteiger partial charge >= 0.3 is 5.97 Å². The number of allylic oxidation sites excluding steroid dienone is 9. The standard InChI is InChI=1S/C73H133NO10/c1-4-7-10-13-16-19-22-25-27-29-31-32-33-34-35-37-38-40-42-45-48-51-54-57-60-66(77)72(81)74-64(65(76)59-56-53-50-47-44-24-21-18-15-12-9-6-3)63-82-73-71(70(80)69(79)67(62-75)83-73)84-68(78)61-58-55-52-49-46-43-41-39-36-30-28-26-23-20-17-14-11-8-5-2/h17,20,25-28,36,39,56,59,64-67,69-71,73,75-77,79-80H,4-16,18-19,21-24,29-35,37-38,40-55,57-58,60-63H2,1-3H3,(H,74,81)/b20-17-,27-25+,28-26-,39-36-,59-56+. The highest BCUT2D eigenvalue weighted by Crippen LogP contribution is 2.26. The Kier molecular flexibility index (Phi) is 57.3. The summed E-state index contributed by atoms with van der Waals surface area (Å²) in [4.78, 5) is 26.7. The van der Waals surface area contributed by atoms with Crippen molar-refractivity contribution < 1.29 is 49.3 Å². The van der Waals surface area contributed by atoms with Crippen LogP contribution >= 0.6 is 0 Å². The molecule has 0 radical (unpaired) electrons. The summed E-state index contributed by atoms with van der Waals surface area (Å²) < 4.78 is 17.7. The number of nitrogens with one attached hydrogen (secondary N) is 1. The van der Waals surface area contributed by atoms with Crippen LogP contribution in [0.3, 0.4) is 0 Å². The highest BCUT2D eigenvalue weighted by molar-refractivity contribution is 5.80. The van der Waals surface area contributed by atoms with Crippen LogP contribution in [0.25, 0.3) is 0 Å². The lowest BCUT2D eigenvalue weighted by atomic mass is 9.99. The first-order valence-corrected chi connectivity index (χ1v) is 35.6. The molecule has 1 aliphatic rings. The van der Waals surface area contributed by atoms with E-state index in [9.17, 15) is 35.1 Å². The number of ether oxygens (including phenoxy) is 3. The third-order valence-electron chi connectivity index (χ3n) is 16.6. The molecule has 0 aromatic rings. The van der Waals surface area contributed by atoms with Gasteiger partial charge in [0.05, 0.1) is 25.4 Å². The van der Waals surface area contributed by atoms with Gasteiger partial charge in [-0.3, -0.25) is 9.59 Å². The van der Waals surface area contributed by atoms with Crippen LogP contribution in [0.5, 0.6) is 0 Å². The first-order valence-electron chi connectivity index (χ1n) is 35.6. The second-order valence-corrected chi connectivity index (χ2v) is 24.6. The van der Waals surface area contributed by atoms with Gasteiger partial charge in [-0.2, -0.15) is 0 Å². The Balaban J connectivity index is 2.58. The summed E-state index contributed by atoms with van der Waals surface area (Å²) in [6, 6.07) is -1.03. The first-order chi connectivity index (χ1) is 41.2. The molecule has 11 heteroatoms. The summed E-state index contributed by atoms with van der Waals surface area (Å²) in [5.41, 5.74) is 0. The minimum absolute atomic E-state index is 0.109. The third-order valence-corrected chi connectivity index (χ3v) is 16.6. The maximum absolute atomic E-state index is 13.5. The molecule has 0 bridgehead atoms. The molecule has 1 heterocycles. The highest BCUT2D eigenvalue weighted by atomic mass is 16.7. The average Bonchev–Trinajstić information content (AvgIpc) is 3.69. The molecular weight excluding hydrogens is 1050 g/mol. The molecule has 1 fully saturated rings. The van der Waals surface area contributed by atoms with Gasteiger partial charge < -0.3 is 45.1 Å². The Hall–Kier alpha value is -2.64. The van der Waals surface area contributed by atoms with Crippen LogP contribution in [0.15, 0.2) is 60.8 Å². The Morgan fingerprint density at radius 3 is 1.26 bits per heavy atom. The molecule has 1 saturated heterocycles. The van der Waals surface area contributed by atoms with Crippen LogP contribution in [0.1, 0.15) is 329 Å². The van der Waals surface area contributed by atoms with Crippen LogP contribution in [-0.2, 0) is 23.8 Å². The van der Waals surface area contributed by atoms with Gasteiger partial charge in [0.25, 0.3) is 0 Å². The van der Waals surface area contributed by atoms with Crippen molar-refractivity contribution in [2.75, 3.05) is 13.2 Å². The zero-order valence-electron chi connectivity index (χ0n) is 54.5. The predicted octanol–water partition coefficient (Wildman–Crippen LogP) is 18.1. The second kappa shape index (κ2) is 60.6. The average molecular weight is 1180 g/mol. The zero-order chi connectivity index (χ0) is 61.0. The van der Waals surface area contributed by atoms with E-state index in [1.54, 1.807) is 6.08 Å². The van der Waals surface area contributed by atoms with Crippen molar-refractivity contribution in [2.45, 2.75) is 378 Å². The number of aliphatic hydroxyl groups excluding tert-OH is 5. The van der Waals surface area contributed by atoms with E-state index in [2.05, 4.69) is 74.7 Å². The van der Waals surface area contributed by atoms with E-state index in [0.29, 0.717) is 19.3 Å². The quantitative estimate of drug-likeness (QED) is 0.0195. The Morgan fingerprint density at radius 1 is 0.464 bits per heavy atom. The molecule has 0 aliphatic carbocycles. The van der Waals surface area contributed by atoms with Gasteiger partial charge in [0.2, 0.25) is 5.91 Å². The minimum atomic E-state index is -1.62. The monoisotopic (exact) mass is 1180 g/mol. The van der Waals surface area contributed by atoms with E-state index in [-0.39, 0.29) is 13.0 Å². The lowest BCUT2D eigenvalue weighted by molar-refractivity contribution is -0.305. The SMILES string of the molecule is CCCCC/C=C\C/C=C\C/C=C\CCCCCCCCC(=O)OC1C(OCC(NC(=O)C(O)CCCCCCCCCCCCCCCC/C=C/CCCCCCCC)C(O)/C=C/CCCCCCCCCCCC)OC(CO)C(O)C1O. The first kappa shape index (κ1) is 79.4. The van der Waals surface area contributed by atoms with Crippen molar-refractivity contribution in [1.82, 2.24) is 5.32 Å². The summed E-state index contributed by atoms with van der Waals surface area (Å²) in [6.45, 7) is 5.79. The van der Waals surface area contributed by atoms with E-state index in [1.165, 1.54) is 193 Å². The molecule has 490 valence electrons. The van der Waals surface area contributed by atoms with Gasteiger partial charge in [-0.05, 0) is 89.9 Å². The number of esters is 1. The van der Waals surface area contributed by atoms with Crippen LogP contribution in [0.2, 0.25) is 0 Å². The van der Waals surface area contributed by atoms with Gasteiger partial charge in [0.1, 0.15) is 24.4 Å². The summed E-state index contributed by atoms with van der Waals surface area (Å²) >= 11 is 0. The summed E-state index contributed by atoms with van der Waals surface area (Å²) in [7, 11) is 0. The topological polar surface area (TPSA) is 175 Å².